The Kier molecular flexibility index (Phi) is 4.67. The van der Waals surface area contributed by atoms with Gasteiger partial charge in [-0.15, -0.1) is 0 Å². The molecule has 18 heavy (non-hydrogen) atoms. The molecule has 0 spiro atoms. The number of hydrogen-bond acceptors (Lipinski definition) is 4. The summed E-state index contributed by atoms with van der Waals surface area (Å²) in [5.41, 5.74) is 0.370. The van der Waals surface area contributed by atoms with Crippen LogP contribution in [0.25, 0.3) is 0 Å². The lowest BCUT2D eigenvalue weighted by molar-refractivity contribution is -0.140. The molecule has 0 aliphatic carbocycles. The molecule has 0 bridgehead atoms. The number of aromatic amines is 1. The summed E-state index contributed by atoms with van der Waals surface area (Å²) >= 11 is 0. The number of carbonyl (C=O) groups excluding carboxylic acids is 1. The fourth-order valence-electron chi connectivity index (χ4n) is 1.17. The van der Waals surface area contributed by atoms with Crippen molar-refractivity contribution in [3.8, 4) is 0 Å². The fourth-order valence-corrected chi connectivity index (χ4v) is 1.17. The van der Waals surface area contributed by atoms with Crippen molar-refractivity contribution >= 4 is 23.7 Å². The highest BCUT2D eigenvalue weighted by molar-refractivity contribution is 5.92. The Hall–Kier alpha value is -2.58. The number of aliphatic carboxylic acids is 2. The smallest absolute Gasteiger partial charge is 0.326 e. The number of rotatable bonds is 6. The molecule has 9 nitrogen and oxygen atoms in total. The van der Waals surface area contributed by atoms with Gasteiger partial charge >= 0.3 is 18.0 Å². The van der Waals surface area contributed by atoms with Crippen LogP contribution in [-0.4, -0.2) is 44.4 Å². The Balaban J connectivity index is 2.47. The van der Waals surface area contributed by atoms with E-state index < -0.39 is 24.0 Å². The van der Waals surface area contributed by atoms with Crippen molar-refractivity contribution in [3.05, 3.63) is 12.4 Å². The standard InChI is InChI=1S/C9H12N4O5/c14-7(15)2-1-6(8(16)17)13-9(18)12-5-3-10-11-4-5/h3-4,6H,1-2H2,(H,10,11)(H,14,15)(H,16,17)(H2,12,13,18)/t6-/m0/s1. The molecule has 0 aliphatic heterocycles. The fraction of sp³-hybridized carbons (Fsp3) is 0.333. The van der Waals surface area contributed by atoms with Crippen molar-refractivity contribution in [2.45, 2.75) is 18.9 Å². The van der Waals surface area contributed by atoms with Crippen LogP contribution in [0.2, 0.25) is 0 Å². The molecule has 1 rings (SSSR count). The number of aromatic nitrogens is 2. The van der Waals surface area contributed by atoms with Gasteiger partial charge in [-0.3, -0.25) is 9.89 Å². The second-order valence-corrected chi connectivity index (χ2v) is 3.41. The first-order valence-electron chi connectivity index (χ1n) is 5.00. The van der Waals surface area contributed by atoms with E-state index in [0.29, 0.717) is 5.69 Å². The van der Waals surface area contributed by atoms with Crippen molar-refractivity contribution in [1.82, 2.24) is 15.5 Å². The number of anilines is 1. The second-order valence-electron chi connectivity index (χ2n) is 3.41. The molecule has 0 radical (unpaired) electrons. The minimum absolute atomic E-state index is 0.191. The molecule has 9 heteroatoms. The van der Waals surface area contributed by atoms with Crippen LogP contribution in [0.15, 0.2) is 12.4 Å². The Bertz CT molecular complexity index is 430. The van der Waals surface area contributed by atoms with Gasteiger partial charge in [0, 0.05) is 12.6 Å². The number of amides is 2. The molecular weight excluding hydrogens is 244 g/mol. The Labute approximate surface area is 101 Å². The van der Waals surface area contributed by atoms with Crippen LogP contribution in [0.3, 0.4) is 0 Å². The van der Waals surface area contributed by atoms with Gasteiger partial charge in [0.25, 0.3) is 0 Å². The Morgan fingerprint density at radius 1 is 1.39 bits per heavy atom. The lowest BCUT2D eigenvalue weighted by Gasteiger charge is -2.13. The van der Waals surface area contributed by atoms with E-state index in [1.165, 1.54) is 12.4 Å². The van der Waals surface area contributed by atoms with Gasteiger partial charge in [-0.05, 0) is 6.42 Å². The average molecular weight is 256 g/mol. The molecule has 0 fully saturated rings. The SMILES string of the molecule is O=C(O)CC[C@H](NC(=O)Nc1cn[nH]c1)C(=O)O. The molecule has 2 amide bonds. The van der Waals surface area contributed by atoms with E-state index in [0.717, 1.165) is 0 Å². The summed E-state index contributed by atoms with van der Waals surface area (Å²) in [6, 6.07) is -2.00. The van der Waals surface area contributed by atoms with Crippen molar-refractivity contribution in [1.29, 1.82) is 0 Å². The van der Waals surface area contributed by atoms with Crippen LogP contribution >= 0.6 is 0 Å². The predicted octanol–water partition coefficient (Wildman–Crippen LogP) is -0.151. The number of carboxylic acid groups (broad SMARTS) is 2. The second kappa shape index (κ2) is 6.23. The van der Waals surface area contributed by atoms with E-state index >= 15 is 0 Å². The maximum atomic E-state index is 11.4. The number of carboxylic acids is 2. The number of hydrogen-bond donors (Lipinski definition) is 5. The van der Waals surface area contributed by atoms with Gasteiger partial charge < -0.3 is 20.8 Å². The third-order valence-corrected chi connectivity index (χ3v) is 2.01. The van der Waals surface area contributed by atoms with Gasteiger partial charge in [-0.2, -0.15) is 5.10 Å². The third kappa shape index (κ3) is 4.51. The van der Waals surface area contributed by atoms with Crippen molar-refractivity contribution in [3.63, 3.8) is 0 Å². The number of urea groups is 1. The third-order valence-electron chi connectivity index (χ3n) is 2.01. The van der Waals surface area contributed by atoms with Crippen LogP contribution < -0.4 is 10.6 Å². The number of H-pyrrole nitrogens is 1. The van der Waals surface area contributed by atoms with Crippen LogP contribution in [-0.2, 0) is 9.59 Å². The highest BCUT2D eigenvalue weighted by Crippen LogP contribution is 2.02. The first-order chi connectivity index (χ1) is 8.49. The number of nitrogens with zero attached hydrogens (tertiary/aromatic N) is 1. The van der Waals surface area contributed by atoms with E-state index in [4.69, 9.17) is 10.2 Å². The van der Waals surface area contributed by atoms with Gasteiger partial charge in [-0.25, -0.2) is 9.59 Å². The zero-order chi connectivity index (χ0) is 13.5. The average Bonchev–Trinajstić information content (AvgIpc) is 2.76. The van der Waals surface area contributed by atoms with E-state index in [2.05, 4.69) is 20.8 Å². The van der Waals surface area contributed by atoms with Crippen LogP contribution in [0.5, 0.6) is 0 Å². The quantitative estimate of drug-likeness (QED) is 0.478. The van der Waals surface area contributed by atoms with E-state index in [-0.39, 0.29) is 12.8 Å². The van der Waals surface area contributed by atoms with Crippen molar-refractivity contribution < 1.29 is 24.6 Å². The first-order valence-corrected chi connectivity index (χ1v) is 5.00. The topological polar surface area (TPSA) is 144 Å². The minimum Gasteiger partial charge on any atom is -0.481 e. The van der Waals surface area contributed by atoms with Gasteiger partial charge in [0.05, 0.1) is 11.9 Å². The van der Waals surface area contributed by atoms with Gasteiger partial charge in [0.15, 0.2) is 0 Å². The molecule has 0 unspecified atom stereocenters. The maximum absolute atomic E-state index is 11.4. The largest absolute Gasteiger partial charge is 0.481 e. The molecule has 0 aliphatic rings. The molecule has 0 saturated heterocycles. The zero-order valence-corrected chi connectivity index (χ0v) is 9.21. The maximum Gasteiger partial charge on any atom is 0.326 e. The molecule has 1 heterocycles. The lowest BCUT2D eigenvalue weighted by atomic mass is 10.1. The van der Waals surface area contributed by atoms with Crippen LogP contribution in [0.4, 0.5) is 10.5 Å². The summed E-state index contributed by atoms with van der Waals surface area (Å²) in [6.07, 6.45) is 2.21. The zero-order valence-electron chi connectivity index (χ0n) is 9.21. The summed E-state index contributed by atoms with van der Waals surface area (Å²) < 4.78 is 0. The monoisotopic (exact) mass is 256 g/mol. The molecule has 1 aromatic rings. The predicted molar refractivity (Wildman–Crippen MR) is 59.0 cm³/mol. The minimum atomic E-state index is -1.29. The van der Waals surface area contributed by atoms with Gasteiger partial charge in [-0.1, -0.05) is 0 Å². The number of nitrogens with one attached hydrogen (secondary N) is 3. The highest BCUT2D eigenvalue weighted by atomic mass is 16.4. The molecule has 1 aromatic heterocycles. The van der Waals surface area contributed by atoms with Crippen LogP contribution in [0.1, 0.15) is 12.8 Å². The van der Waals surface area contributed by atoms with Crippen LogP contribution in [0, 0.1) is 0 Å². The first kappa shape index (κ1) is 13.5. The van der Waals surface area contributed by atoms with Gasteiger partial charge in [0.1, 0.15) is 6.04 Å². The summed E-state index contributed by atoms with van der Waals surface area (Å²) in [5.74, 6) is -2.42. The molecule has 5 N–H and O–H groups in total. The van der Waals surface area contributed by atoms with Gasteiger partial charge in [0.2, 0.25) is 0 Å². The van der Waals surface area contributed by atoms with E-state index in [1.54, 1.807) is 0 Å². The van der Waals surface area contributed by atoms with E-state index in [9.17, 15) is 14.4 Å². The van der Waals surface area contributed by atoms with Crippen molar-refractivity contribution in [2.24, 2.45) is 0 Å². The summed E-state index contributed by atoms with van der Waals surface area (Å²) in [5, 5.41) is 27.8. The Morgan fingerprint density at radius 3 is 2.61 bits per heavy atom. The van der Waals surface area contributed by atoms with E-state index in [1.807, 2.05) is 0 Å². The molecule has 0 aromatic carbocycles. The molecule has 1 atom stereocenters. The summed E-state index contributed by atoms with van der Waals surface area (Å²) in [7, 11) is 0. The van der Waals surface area contributed by atoms with Crippen molar-refractivity contribution in [2.75, 3.05) is 5.32 Å². The normalized spacial score (nSPS) is 11.6. The molecule has 0 saturated carbocycles. The summed E-state index contributed by atoms with van der Waals surface area (Å²) in [4.78, 5) is 32.5. The number of carbonyl (C=O) groups is 3. The summed E-state index contributed by atoms with van der Waals surface area (Å²) in [6.45, 7) is 0. The highest BCUT2D eigenvalue weighted by Gasteiger charge is 2.20. The molecular formula is C9H12N4O5. The Morgan fingerprint density at radius 2 is 2.11 bits per heavy atom. The lowest BCUT2D eigenvalue weighted by Crippen LogP contribution is -2.43. The molecule has 98 valence electrons.